The minimum atomic E-state index is -1.21. The second-order valence-electron chi connectivity index (χ2n) is 7.21. The quantitative estimate of drug-likeness (QED) is 0.407. The molecule has 28 heavy (non-hydrogen) atoms. The highest BCUT2D eigenvalue weighted by molar-refractivity contribution is 5.74. The molecule has 0 saturated heterocycles. The Morgan fingerprint density at radius 1 is 0.393 bits per heavy atom. The molecule has 1 nitrogen and oxygen atoms in total. The predicted octanol–water partition coefficient (Wildman–Crippen LogP) is 6.18. The first kappa shape index (κ1) is 16.7. The average molecular weight is 360 g/mol. The summed E-state index contributed by atoms with van der Waals surface area (Å²) in [5.41, 5.74) is 5.92. The van der Waals surface area contributed by atoms with Crippen LogP contribution in [0.15, 0.2) is 115 Å². The van der Waals surface area contributed by atoms with Gasteiger partial charge in [-0.05, 0) is 63.2 Å². The molecule has 0 fully saturated rings. The van der Waals surface area contributed by atoms with Crippen LogP contribution in [0.1, 0.15) is 16.7 Å². The van der Waals surface area contributed by atoms with E-state index >= 15 is 0 Å². The van der Waals surface area contributed by atoms with E-state index in [2.05, 4.69) is 48.5 Å². The molecule has 134 valence electrons. The molecule has 0 amide bonds. The highest BCUT2D eigenvalue weighted by Gasteiger charge is 2.36. The van der Waals surface area contributed by atoms with Crippen molar-refractivity contribution in [2.75, 3.05) is 0 Å². The Morgan fingerprint density at radius 2 is 0.714 bits per heavy atom. The van der Waals surface area contributed by atoms with Gasteiger partial charge in [-0.15, -0.1) is 0 Å². The Hall–Kier alpha value is -3.42. The highest BCUT2D eigenvalue weighted by Crippen LogP contribution is 2.43. The van der Waals surface area contributed by atoms with E-state index in [1.54, 1.807) is 0 Å². The van der Waals surface area contributed by atoms with Crippen molar-refractivity contribution in [1.82, 2.24) is 0 Å². The van der Waals surface area contributed by atoms with Gasteiger partial charge in [0.25, 0.3) is 0 Å². The number of benzene rings is 1. The number of aliphatic hydroxyl groups is 1. The molecule has 1 aromatic carbocycles. The summed E-state index contributed by atoms with van der Waals surface area (Å²) in [5, 5.41) is 12.2. The fraction of sp³-hybridized carbons (Fsp3) is 0.0370. The van der Waals surface area contributed by atoms with Crippen molar-refractivity contribution in [2.45, 2.75) is 5.60 Å². The molecular weight excluding hydrogens is 340 g/mol. The van der Waals surface area contributed by atoms with E-state index in [4.69, 9.17) is 0 Å². The lowest BCUT2D eigenvalue weighted by Gasteiger charge is -2.28. The molecule has 0 aromatic heterocycles. The minimum absolute atomic E-state index is 0.870. The van der Waals surface area contributed by atoms with E-state index in [9.17, 15) is 5.11 Å². The maximum atomic E-state index is 12.2. The van der Waals surface area contributed by atoms with Gasteiger partial charge in [0, 0.05) is 0 Å². The number of fused-ring (bicyclic) bond motifs is 2. The van der Waals surface area contributed by atoms with Crippen molar-refractivity contribution in [1.29, 1.82) is 0 Å². The Labute approximate surface area is 165 Å². The molecule has 0 aliphatic heterocycles. The van der Waals surface area contributed by atoms with Crippen molar-refractivity contribution in [3.8, 4) is 22.3 Å². The van der Waals surface area contributed by atoms with Gasteiger partial charge >= 0.3 is 0 Å². The van der Waals surface area contributed by atoms with Gasteiger partial charge in [0.2, 0.25) is 0 Å². The van der Waals surface area contributed by atoms with Crippen LogP contribution in [0.3, 0.4) is 0 Å². The average Bonchev–Trinajstić information content (AvgIpc) is 3.18. The van der Waals surface area contributed by atoms with Crippen molar-refractivity contribution in [3.63, 3.8) is 0 Å². The topological polar surface area (TPSA) is 20.2 Å². The zero-order valence-electron chi connectivity index (χ0n) is 15.4. The van der Waals surface area contributed by atoms with Gasteiger partial charge in [0.15, 0.2) is 0 Å². The van der Waals surface area contributed by atoms with Gasteiger partial charge < -0.3 is 5.11 Å². The third-order valence-corrected chi connectivity index (χ3v) is 5.49. The van der Waals surface area contributed by atoms with Crippen LogP contribution >= 0.6 is 0 Å². The van der Waals surface area contributed by atoms with E-state index in [-0.39, 0.29) is 0 Å². The van der Waals surface area contributed by atoms with E-state index in [0.29, 0.717) is 0 Å². The molecule has 0 radical (unpaired) electrons. The Morgan fingerprint density at radius 3 is 1.07 bits per heavy atom. The summed E-state index contributed by atoms with van der Waals surface area (Å²) in [6.45, 7) is 0. The second-order valence-corrected chi connectivity index (χ2v) is 7.21. The van der Waals surface area contributed by atoms with E-state index < -0.39 is 5.60 Å². The monoisotopic (exact) mass is 360 g/mol. The largest absolute Gasteiger partial charge is 0.376 e. The standard InChI is InChI=1S/C27H20O/c28-27(24-14-8-3-9-15-24,25-16-20-10-4-1-5-11-21(20)17-25)26-18-22-12-6-2-7-13-23(22)19-26/h1-19,28H. The van der Waals surface area contributed by atoms with E-state index in [1.165, 1.54) is 0 Å². The minimum Gasteiger partial charge on any atom is -0.376 e. The van der Waals surface area contributed by atoms with Crippen LogP contribution in [-0.4, -0.2) is 5.11 Å². The predicted molar refractivity (Wildman–Crippen MR) is 115 cm³/mol. The van der Waals surface area contributed by atoms with Crippen LogP contribution in [0, 0.1) is 0 Å². The Kier molecular flexibility index (Phi) is 3.96. The summed E-state index contributed by atoms with van der Waals surface area (Å²) in [5.74, 6) is 0. The summed E-state index contributed by atoms with van der Waals surface area (Å²) in [6.07, 6.45) is 0. The fourth-order valence-corrected chi connectivity index (χ4v) is 4.03. The van der Waals surface area contributed by atoms with E-state index in [0.717, 1.165) is 38.9 Å². The molecule has 5 rings (SSSR count). The molecule has 4 aliphatic carbocycles. The molecule has 0 heterocycles. The number of hydrogen-bond donors (Lipinski definition) is 1. The van der Waals surface area contributed by atoms with Crippen molar-refractivity contribution >= 4 is 0 Å². The molecule has 0 bridgehead atoms. The van der Waals surface area contributed by atoms with Crippen molar-refractivity contribution in [2.24, 2.45) is 0 Å². The van der Waals surface area contributed by atoms with Gasteiger partial charge in [0.05, 0.1) is 0 Å². The molecule has 0 unspecified atom stereocenters. The molecule has 4 aliphatic rings. The Balaban J connectivity index is 1.79. The molecule has 0 spiro atoms. The van der Waals surface area contributed by atoms with Crippen molar-refractivity contribution in [3.05, 3.63) is 132 Å². The summed E-state index contributed by atoms with van der Waals surface area (Å²) in [7, 11) is 0. The SMILES string of the molecule is OC(c1ccccc1)(c1cc2cccccc-2c1)c1cc2cccccc-2c1. The smallest absolute Gasteiger partial charge is 0.140 e. The van der Waals surface area contributed by atoms with Crippen molar-refractivity contribution < 1.29 is 5.11 Å². The fourth-order valence-electron chi connectivity index (χ4n) is 4.03. The number of rotatable bonds is 3. The number of hydrogen-bond acceptors (Lipinski definition) is 1. The summed E-state index contributed by atoms with van der Waals surface area (Å²) >= 11 is 0. The molecule has 0 atom stereocenters. The lowest BCUT2D eigenvalue weighted by Crippen LogP contribution is -2.27. The second kappa shape index (κ2) is 6.63. The van der Waals surface area contributed by atoms with Crippen LogP contribution in [0.25, 0.3) is 22.3 Å². The third-order valence-electron chi connectivity index (χ3n) is 5.49. The van der Waals surface area contributed by atoms with Crippen LogP contribution < -0.4 is 0 Å². The highest BCUT2D eigenvalue weighted by atomic mass is 16.3. The van der Waals surface area contributed by atoms with Gasteiger partial charge in [-0.2, -0.15) is 0 Å². The van der Waals surface area contributed by atoms with Crippen LogP contribution in [0.5, 0.6) is 0 Å². The summed E-state index contributed by atoms with van der Waals surface area (Å²) in [6, 6.07) is 38.8. The van der Waals surface area contributed by atoms with Gasteiger partial charge in [0.1, 0.15) is 5.60 Å². The lowest BCUT2D eigenvalue weighted by atomic mass is 9.82. The first-order valence-electron chi connectivity index (χ1n) is 9.52. The summed E-state index contributed by atoms with van der Waals surface area (Å²) in [4.78, 5) is 0. The van der Waals surface area contributed by atoms with Gasteiger partial charge in [-0.1, -0.05) is 91.0 Å². The van der Waals surface area contributed by atoms with E-state index in [1.807, 2.05) is 66.7 Å². The molecule has 1 aromatic rings. The zero-order chi connectivity index (χ0) is 19.0. The normalized spacial score (nSPS) is 11.8. The molecular formula is C27H20O. The van der Waals surface area contributed by atoms with Gasteiger partial charge in [-0.25, -0.2) is 0 Å². The van der Waals surface area contributed by atoms with Gasteiger partial charge in [-0.3, -0.25) is 0 Å². The zero-order valence-corrected chi connectivity index (χ0v) is 15.4. The summed E-state index contributed by atoms with van der Waals surface area (Å²) < 4.78 is 0. The van der Waals surface area contributed by atoms with Crippen LogP contribution in [-0.2, 0) is 5.60 Å². The maximum Gasteiger partial charge on any atom is 0.140 e. The first-order chi connectivity index (χ1) is 13.7. The van der Waals surface area contributed by atoms with Crippen LogP contribution in [0.2, 0.25) is 0 Å². The molecule has 1 heteroatoms. The van der Waals surface area contributed by atoms with Crippen LogP contribution in [0.4, 0.5) is 0 Å². The molecule has 1 N–H and O–H groups in total. The third kappa shape index (κ3) is 2.69. The lowest BCUT2D eigenvalue weighted by molar-refractivity contribution is 0.126. The molecule has 0 saturated carbocycles. The maximum absolute atomic E-state index is 12.2. The Bertz CT molecular complexity index is 1040. The first-order valence-corrected chi connectivity index (χ1v) is 9.52.